The molecule has 4 heteroatoms. The fraction of sp³-hybridized carbons (Fsp3) is 0.348. The van der Waals surface area contributed by atoms with Crippen molar-refractivity contribution in [3.8, 4) is 5.75 Å². The van der Waals surface area contributed by atoms with Gasteiger partial charge in [0.15, 0.2) is 0 Å². The van der Waals surface area contributed by atoms with Gasteiger partial charge in [-0.25, -0.2) is 0 Å². The van der Waals surface area contributed by atoms with E-state index in [1.54, 1.807) is 0 Å². The molecule has 2 aromatic carbocycles. The number of ether oxygens (including phenoxy) is 1. The molecule has 0 fully saturated rings. The number of fused-ring (bicyclic) bond motifs is 1. The molecule has 1 N–H and O–H groups in total. The fourth-order valence-electron chi connectivity index (χ4n) is 3.25. The summed E-state index contributed by atoms with van der Waals surface area (Å²) in [5.41, 5.74) is 4.10. The summed E-state index contributed by atoms with van der Waals surface area (Å²) in [5, 5.41) is 4.07. The van der Waals surface area contributed by atoms with Crippen molar-refractivity contribution < 1.29 is 9.53 Å². The van der Waals surface area contributed by atoms with Crippen molar-refractivity contribution >= 4 is 16.8 Å². The molecule has 0 aliphatic rings. The van der Waals surface area contributed by atoms with E-state index in [0.717, 1.165) is 23.1 Å². The number of nitrogens with zero attached hydrogens (tertiary/aromatic N) is 1. The summed E-state index contributed by atoms with van der Waals surface area (Å²) in [6.07, 6.45) is 0.897. The predicted octanol–water partition coefficient (Wildman–Crippen LogP) is 4.93. The first-order valence-corrected chi connectivity index (χ1v) is 9.65. The topological polar surface area (TPSA) is 43.3 Å². The molecule has 27 heavy (non-hydrogen) atoms. The number of benzene rings is 2. The van der Waals surface area contributed by atoms with Gasteiger partial charge in [0.1, 0.15) is 11.4 Å². The monoisotopic (exact) mass is 364 g/mol. The average Bonchev–Trinajstić information content (AvgIpc) is 3.03. The largest absolute Gasteiger partial charge is 0.493 e. The Morgan fingerprint density at radius 1 is 1.15 bits per heavy atom. The number of amides is 1. The zero-order chi connectivity index (χ0) is 19.4. The molecule has 0 radical (unpaired) electrons. The number of aryl methyl sites for hydroxylation is 1. The van der Waals surface area contributed by atoms with Gasteiger partial charge in [0.2, 0.25) is 0 Å². The van der Waals surface area contributed by atoms with Crippen LogP contribution >= 0.6 is 0 Å². The Bertz CT molecular complexity index is 943. The van der Waals surface area contributed by atoms with Crippen molar-refractivity contribution in [2.24, 2.45) is 0 Å². The Labute approximate surface area is 161 Å². The third-order valence-electron chi connectivity index (χ3n) is 5.02. The van der Waals surface area contributed by atoms with Gasteiger partial charge in [0.05, 0.1) is 12.1 Å². The van der Waals surface area contributed by atoms with E-state index < -0.39 is 0 Å². The van der Waals surface area contributed by atoms with Crippen LogP contribution in [0.3, 0.4) is 0 Å². The smallest absolute Gasteiger partial charge is 0.268 e. The molecule has 0 saturated carbocycles. The summed E-state index contributed by atoms with van der Waals surface area (Å²) in [6.45, 7) is 9.41. The standard InChI is InChI=1S/C23H28N2O2/c1-5-17(4)24-23(26)21-14-19-20(12-9-13-22(19)27-6-2)25(21)15-18-11-8-7-10-16(18)3/h7-14,17H,5-6,15H2,1-4H3,(H,24,26). The van der Waals surface area contributed by atoms with Gasteiger partial charge in [0, 0.05) is 18.0 Å². The summed E-state index contributed by atoms with van der Waals surface area (Å²) in [6, 6.07) is 16.4. The van der Waals surface area contributed by atoms with E-state index in [-0.39, 0.29) is 11.9 Å². The van der Waals surface area contributed by atoms with E-state index in [2.05, 4.69) is 41.9 Å². The van der Waals surface area contributed by atoms with Crippen LogP contribution in [0, 0.1) is 6.92 Å². The first-order valence-electron chi connectivity index (χ1n) is 9.65. The van der Waals surface area contributed by atoms with E-state index in [0.29, 0.717) is 18.8 Å². The molecule has 0 bridgehead atoms. The molecule has 1 atom stereocenters. The van der Waals surface area contributed by atoms with Crippen LogP contribution in [-0.2, 0) is 6.54 Å². The number of aromatic nitrogens is 1. The SMILES string of the molecule is CCOc1cccc2c1cc(C(=O)NC(C)CC)n2Cc1ccccc1C. The van der Waals surface area contributed by atoms with Crippen LogP contribution in [0.1, 0.15) is 48.8 Å². The molecule has 3 aromatic rings. The quantitative estimate of drug-likeness (QED) is 0.646. The lowest BCUT2D eigenvalue weighted by molar-refractivity contribution is 0.0931. The highest BCUT2D eigenvalue weighted by Gasteiger charge is 2.19. The number of nitrogens with one attached hydrogen (secondary N) is 1. The van der Waals surface area contributed by atoms with Gasteiger partial charge in [0.25, 0.3) is 5.91 Å². The second-order valence-corrected chi connectivity index (χ2v) is 6.95. The molecule has 0 aliphatic heterocycles. The van der Waals surface area contributed by atoms with Gasteiger partial charge < -0.3 is 14.6 Å². The Balaban J connectivity index is 2.12. The van der Waals surface area contributed by atoms with Gasteiger partial charge in [-0.15, -0.1) is 0 Å². The van der Waals surface area contributed by atoms with Crippen LogP contribution in [0.4, 0.5) is 0 Å². The lowest BCUT2D eigenvalue weighted by Crippen LogP contribution is -2.33. The van der Waals surface area contributed by atoms with Crippen molar-refractivity contribution in [1.82, 2.24) is 9.88 Å². The van der Waals surface area contributed by atoms with Crippen molar-refractivity contribution in [1.29, 1.82) is 0 Å². The van der Waals surface area contributed by atoms with E-state index in [1.165, 1.54) is 11.1 Å². The van der Waals surface area contributed by atoms with E-state index in [4.69, 9.17) is 4.74 Å². The van der Waals surface area contributed by atoms with E-state index in [9.17, 15) is 4.79 Å². The van der Waals surface area contributed by atoms with E-state index >= 15 is 0 Å². The average molecular weight is 364 g/mol. The summed E-state index contributed by atoms with van der Waals surface area (Å²) in [7, 11) is 0. The Hall–Kier alpha value is -2.75. The lowest BCUT2D eigenvalue weighted by atomic mass is 10.1. The number of carbonyl (C=O) groups excluding carboxylic acids is 1. The first kappa shape index (κ1) is 19.0. The van der Waals surface area contributed by atoms with Gasteiger partial charge in [-0.3, -0.25) is 4.79 Å². The molecule has 0 aliphatic carbocycles. The van der Waals surface area contributed by atoms with Crippen LogP contribution in [0.2, 0.25) is 0 Å². The summed E-state index contributed by atoms with van der Waals surface area (Å²) in [4.78, 5) is 13.0. The van der Waals surface area contributed by atoms with Gasteiger partial charge in [-0.1, -0.05) is 37.3 Å². The fourth-order valence-corrected chi connectivity index (χ4v) is 3.25. The summed E-state index contributed by atoms with van der Waals surface area (Å²) < 4.78 is 7.89. The second-order valence-electron chi connectivity index (χ2n) is 6.95. The molecule has 0 saturated heterocycles. The zero-order valence-electron chi connectivity index (χ0n) is 16.6. The van der Waals surface area contributed by atoms with Crippen molar-refractivity contribution in [3.05, 3.63) is 65.4 Å². The molecule has 1 aromatic heterocycles. The first-order chi connectivity index (χ1) is 13.0. The van der Waals surface area contributed by atoms with Crippen LogP contribution < -0.4 is 10.1 Å². The molecule has 4 nitrogen and oxygen atoms in total. The van der Waals surface area contributed by atoms with Crippen molar-refractivity contribution in [3.63, 3.8) is 0 Å². The Morgan fingerprint density at radius 3 is 2.63 bits per heavy atom. The molecule has 1 amide bonds. The molecule has 1 heterocycles. The van der Waals surface area contributed by atoms with Gasteiger partial charge in [-0.05, 0) is 56.5 Å². The maximum atomic E-state index is 13.0. The Kier molecular flexibility index (Phi) is 5.84. The molecular formula is C23H28N2O2. The van der Waals surface area contributed by atoms with Crippen LogP contribution in [0.25, 0.3) is 10.9 Å². The van der Waals surface area contributed by atoms with E-state index in [1.807, 2.05) is 44.2 Å². The second kappa shape index (κ2) is 8.30. The minimum absolute atomic E-state index is 0.0448. The van der Waals surface area contributed by atoms with Crippen molar-refractivity contribution in [2.45, 2.75) is 46.7 Å². The molecule has 142 valence electrons. The minimum Gasteiger partial charge on any atom is -0.493 e. The maximum absolute atomic E-state index is 13.0. The summed E-state index contributed by atoms with van der Waals surface area (Å²) in [5.74, 6) is 0.771. The number of hydrogen-bond acceptors (Lipinski definition) is 2. The Morgan fingerprint density at radius 2 is 1.93 bits per heavy atom. The van der Waals surface area contributed by atoms with Crippen LogP contribution in [0.5, 0.6) is 5.75 Å². The number of rotatable bonds is 7. The maximum Gasteiger partial charge on any atom is 0.268 e. The number of hydrogen-bond donors (Lipinski definition) is 1. The zero-order valence-corrected chi connectivity index (χ0v) is 16.6. The third-order valence-corrected chi connectivity index (χ3v) is 5.02. The molecule has 1 unspecified atom stereocenters. The highest BCUT2D eigenvalue weighted by Crippen LogP contribution is 2.30. The number of carbonyl (C=O) groups is 1. The highest BCUT2D eigenvalue weighted by molar-refractivity contribution is 6.00. The normalized spacial score (nSPS) is 12.1. The van der Waals surface area contributed by atoms with Gasteiger partial charge >= 0.3 is 0 Å². The molecule has 3 rings (SSSR count). The van der Waals surface area contributed by atoms with Gasteiger partial charge in [-0.2, -0.15) is 0 Å². The van der Waals surface area contributed by atoms with Crippen LogP contribution in [0.15, 0.2) is 48.5 Å². The lowest BCUT2D eigenvalue weighted by Gasteiger charge is -2.15. The summed E-state index contributed by atoms with van der Waals surface area (Å²) >= 11 is 0. The van der Waals surface area contributed by atoms with Crippen LogP contribution in [-0.4, -0.2) is 23.1 Å². The minimum atomic E-state index is -0.0448. The predicted molar refractivity (Wildman–Crippen MR) is 111 cm³/mol. The highest BCUT2D eigenvalue weighted by atomic mass is 16.5. The molecular weight excluding hydrogens is 336 g/mol. The third kappa shape index (κ3) is 4.00. The molecule has 0 spiro atoms. The van der Waals surface area contributed by atoms with Crippen molar-refractivity contribution in [2.75, 3.05) is 6.61 Å².